The van der Waals surface area contributed by atoms with Crippen molar-refractivity contribution in [2.24, 2.45) is 7.05 Å². The lowest BCUT2D eigenvalue weighted by Crippen LogP contribution is -2.39. The van der Waals surface area contributed by atoms with Crippen LogP contribution in [0.3, 0.4) is 0 Å². The van der Waals surface area contributed by atoms with E-state index in [0.717, 1.165) is 37.3 Å². The van der Waals surface area contributed by atoms with Crippen LogP contribution >= 0.6 is 11.3 Å². The second-order valence-electron chi connectivity index (χ2n) is 7.26. The van der Waals surface area contributed by atoms with Gasteiger partial charge < -0.3 is 10.1 Å². The first-order valence-electron chi connectivity index (χ1n) is 8.22. The molecule has 1 aliphatic rings. The van der Waals surface area contributed by atoms with Crippen molar-refractivity contribution in [1.82, 2.24) is 20.1 Å². The monoisotopic (exact) mass is 334 g/mol. The van der Waals surface area contributed by atoms with Crippen LogP contribution in [0.25, 0.3) is 0 Å². The van der Waals surface area contributed by atoms with Crippen LogP contribution in [-0.4, -0.2) is 27.4 Å². The molecule has 1 saturated heterocycles. The van der Waals surface area contributed by atoms with Crippen LogP contribution in [0.4, 0.5) is 0 Å². The molecule has 1 fully saturated rings. The third-order valence-electron chi connectivity index (χ3n) is 4.11. The summed E-state index contributed by atoms with van der Waals surface area (Å²) in [4.78, 5) is 4.77. The average molecular weight is 334 g/mol. The van der Waals surface area contributed by atoms with Gasteiger partial charge in [-0.2, -0.15) is 5.10 Å². The van der Waals surface area contributed by atoms with E-state index >= 15 is 0 Å². The number of nitrogens with zero attached hydrogens (tertiary/aromatic N) is 3. The van der Waals surface area contributed by atoms with Crippen LogP contribution in [0.15, 0.2) is 17.8 Å². The molecule has 5 nitrogen and oxygen atoms in total. The van der Waals surface area contributed by atoms with Gasteiger partial charge in [0.2, 0.25) is 0 Å². The van der Waals surface area contributed by atoms with Gasteiger partial charge in [-0.1, -0.05) is 20.8 Å². The predicted molar refractivity (Wildman–Crippen MR) is 92.6 cm³/mol. The fourth-order valence-corrected chi connectivity index (χ4v) is 3.78. The first-order chi connectivity index (χ1) is 10.9. The summed E-state index contributed by atoms with van der Waals surface area (Å²) >= 11 is 1.75. The summed E-state index contributed by atoms with van der Waals surface area (Å²) in [6.07, 6.45) is 6.25. The highest BCUT2D eigenvalue weighted by Gasteiger charge is 2.28. The highest BCUT2D eigenvalue weighted by molar-refractivity contribution is 7.09. The number of aromatic nitrogens is 3. The molecule has 2 atom stereocenters. The average Bonchev–Trinajstić information content (AvgIpc) is 3.14. The van der Waals surface area contributed by atoms with Crippen molar-refractivity contribution in [1.29, 1.82) is 0 Å². The Morgan fingerprint density at radius 2 is 2.26 bits per heavy atom. The molecule has 1 N–H and O–H groups in total. The molecule has 126 valence electrons. The first kappa shape index (κ1) is 16.6. The molecule has 0 spiro atoms. The summed E-state index contributed by atoms with van der Waals surface area (Å²) in [6.45, 7) is 8.23. The molecule has 0 aliphatic carbocycles. The van der Waals surface area contributed by atoms with Crippen molar-refractivity contribution < 1.29 is 4.74 Å². The molecule has 0 amide bonds. The van der Waals surface area contributed by atoms with Crippen LogP contribution in [-0.2, 0) is 23.7 Å². The van der Waals surface area contributed by atoms with E-state index in [-0.39, 0.29) is 11.5 Å². The minimum Gasteiger partial charge on any atom is -0.372 e. The van der Waals surface area contributed by atoms with Gasteiger partial charge in [0.1, 0.15) is 6.10 Å². The minimum atomic E-state index is 0.0816. The molecule has 23 heavy (non-hydrogen) atoms. The normalized spacial score (nSPS) is 22.4. The smallest absolute Gasteiger partial charge is 0.101 e. The third-order valence-corrected chi connectivity index (χ3v) is 5.43. The lowest BCUT2D eigenvalue weighted by Gasteiger charge is -2.31. The van der Waals surface area contributed by atoms with Crippen LogP contribution in [0.2, 0.25) is 0 Å². The molecule has 6 heteroatoms. The largest absolute Gasteiger partial charge is 0.372 e. The zero-order valence-corrected chi connectivity index (χ0v) is 15.2. The van der Waals surface area contributed by atoms with Gasteiger partial charge in [0.25, 0.3) is 0 Å². The lowest BCUT2D eigenvalue weighted by atomic mass is 9.98. The number of nitrogens with one attached hydrogen (secondary N) is 1. The number of aryl methyl sites for hydroxylation is 1. The van der Waals surface area contributed by atoms with Gasteiger partial charge >= 0.3 is 0 Å². The number of hydrogen-bond acceptors (Lipinski definition) is 5. The topological polar surface area (TPSA) is 52.0 Å². The SMILES string of the molecule is Cn1cc([C@H]2OCCC[C@@H]2NCc2csc(C(C)(C)C)n2)cn1. The fraction of sp³-hybridized carbons (Fsp3) is 0.647. The Balaban J connectivity index is 1.64. The standard InChI is InChI=1S/C17H26N4OS/c1-17(2,3)16-20-13(11-23-16)9-18-14-6-5-7-22-15(14)12-8-19-21(4)10-12/h8,10-11,14-15,18H,5-7,9H2,1-4H3/t14-,15+/m0/s1. The Labute approximate surface area is 142 Å². The highest BCUT2D eigenvalue weighted by atomic mass is 32.1. The molecule has 0 saturated carbocycles. The van der Waals surface area contributed by atoms with Crippen molar-refractivity contribution >= 4 is 11.3 Å². The summed E-state index contributed by atoms with van der Waals surface area (Å²) in [5, 5.41) is 11.3. The molecule has 0 radical (unpaired) electrons. The summed E-state index contributed by atoms with van der Waals surface area (Å²) in [6, 6.07) is 0.313. The number of hydrogen-bond donors (Lipinski definition) is 1. The Hall–Kier alpha value is -1.24. The van der Waals surface area contributed by atoms with E-state index < -0.39 is 0 Å². The molecule has 2 aromatic heterocycles. The molecule has 2 aromatic rings. The Morgan fingerprint density at radius 1 is 1.43 bits per heavy atom. The van der Waals surface area contributed by atoms with Crippen molar-refractivity contribution in [3.05, 3.63) is 34.0 Å². The third kappa shape index (κ3) is 4.00. The number of ether oxygens (including phenoxy) is 1. The van der Waals surface area contributed by atoms with Crippen molar-refractivity contribution in [2.45, 2.75) is 57.7 Å². The van der Waals surface area contributed by atoms with E-state index in [2.05, 4.69) is 36.6 Å². The van der Waals surface area contributed by atoms with Gasteiger partial charge in [0, 0.05) is 48.8 Å². The molecule has 0 bridgehead atoms. The van der Waals surface area contributed by atoms with E-state index in [1.54, 1.807) is 11.3 Å². The molecular formula is C17H26N4OS. The Kier molecular flexibility index (Phi) is 4.85. The lowest BCUT2D eigenvalue weighted by molar-refractivity contribution is -0.0113. The number of rotatable bonds is 4. The predicted octanol–water partition coefficient (Wildman–Crippen LogP) is 3.18. The zero-order chi connectivity index (χ0) is 16.4. The molecule has 3 rings (SSSR count). The molecule has 3 heterocycles. The van der Waals surface area contributed by atoms with E-state index in [1.165, 1.54) is 5.01 Å². The van der Waals surface area contributed by atoms with E-state index in [9.17, 15) is 0 Å². The summed E-state index contributed by atoms with van der Waals surface area (Å²) in [5.41, 5.74) is 2.39. The van der Waals surface area contributed by atoms with E-state index in [1.807, 2.05) is 24.1 Å². The maximum Gasteiger partial charge on any atom is 0.101 e. The van der Waals surface area contributed by atoms with E-state index in [0.29, 0.717) is 6.04 Å². The minimum absolute atomic E-state index is 0.0816. The fourth-order valence-electron chi connectivity index (χ4n) is 2.87. The van der Waals surface area contributed by atoms with Gasteiger partial charge in [-0.05, 0) is 12.8 Å². The van der Waals surface area contributed by atoms with Gasteiger partial charge in [-0.25, -0.2) is 4.98 Å². The Morgan fingerprint density at radius 3 is 2.91 bits per heavy atom. The maximum atomic E-state index is 6.00. The van der Waals surface area contributed by atoms with Crippen molar-refractivity contribution in [3.63, 3.8) is 0 Å². The van der Waals surface area contributed by atoms with Crippen LogP contribution < -0.4 is 5.32 Å². The van der Waals surface area contributed by atoms with Crippen molar-refractivity contribution in [2.75, 3.05) is 6.61 Å². The summed E-state index contributed by atoms with van der Waals surface area (Å²) in [5.74, 6) is 0. The summed E-state index contributed by atoms with van der Waals surface area (Å²) < 4.78 is 7.84. The molecular weight excluding hydrogens is 308 g/mol. The van der Waals surface area contributed by atoms with Crippen LogP contribution in [0.1, 0.15) is 56.0 Å². The van der Waals surface area contributed by atoms with Gasteiger partial charge in [0.15, 0.2) is 0 Å². The highest BCUT2D eigenvalue weighted by Crippen LogP contribution is 2.29. The van der Waals surface area contributed by atoms with Crippen LogP contribution in [0, 0.1) is 0 Å². The molecule has 0 unspecified atom stereocenters. The molecule has 1 aliphatic heterocycles. The maximum absolute atomic E-state index is 6.00. The van der Waals surface area contributed by atoms with Crippen molar-refractivity contribution in [3.8, 4) is 0 Å². The Bertz CT molecular complexity index is 643. The second kappa shape index (κ2) is 6.71. The zero-order valence-electron chi connectivity index (χ0n) is 14.4. The second-order valence-corrected chi connectivity index (χ2v) is 8.12. The van der Waals surface area contributed by atoms with Gasteiger partial charge in [0.05, 0.1) is 16.9 Å². The summed E-state index contributed by atoms with van der Waals surface area (Å²) in [7, 11) is 1.94. The first-order valence-corrected chi connectivity index (χ1v) is 9.10. The van der Waals surface area contributed by atoms with Crippen LogP contribution in [0.5, 0.6) is 0 Å². The number of thiazole rings is 1. The molecule has 0 aromatic carbocycles. The van der Waals surface area contributed by atoms with E-state index in [4.69, 9.17) is 9.72 Å². The van der Waals surface area contributed by atoms with Gasteiger partial charge in [-0.3, -0.25) is 4.68 Å². The quantitative estimate of drug-likeness (QED) is 0.933. The van der Waals surface area contributed by atoms with Gasteiger partial charge in [-0.15, -0.1) is 11.3 Å².